The predicted molar refractivity (Wildman–Crippen MR) is 98.1 cm³/mol. The molecule has 1 aromatic carbocycles. The van der Waals surface area contributed by atoms with Gasteiger partial charge in [-0.15, -0.1) is 11.3 Å². The summed E-state index contributed by atoms with van der Waals surface area (Å²) in [6, 6.07) is 5.99. The van der Waals surface area contributed by atoms with Gasteiger partial charge in [0.05, 0.1) is 5.56 Å². The molecule has 0 atom stereocenters. The molecule has 0 spiro atoms. The Bertz CT molecular complexity index is 995. The average molecular weight is 394 g/mol. The molecule has 138 valence electrons. The second kappa shape index (κ2) is 6.73. The number of nitrogens with one attached hydrogen (secondary N) is 1. The highest BCUT2D eigenvalue weighted by Crippen LogP contribution is 2.32. The zero-order chi connectivity index (χ0) is 19.1. The number of aryl methyl sites for hydroxylation is 1. The number of carbonyl (C=O) groups excluding carboxylic acids is 1. The van der Waals surface area contributed by atoms with Gasteiger partial charge in [0.1, 0.15) is 4.21 Å². The van der Waals surface area contributed by atoms with Gasteiger partial charge in [0.25, 0.3) is 10.0 Å². The van der Waals surface area contributed by atoms with Gasteiger partial charge in [-0.25, -0.2) is 13.2 Å². The highest BCUT2D eigenvalue weighted by atomic mass is 32.2. The van der Waals surface area contributed by atoms with E-state index in [1.165, 1.54) is 30.4 Å². The average Bonchev–Trinajstić information content (AvgIpc) is 3.00. The predicted octanol–water partition coefficient (Wildman–Crippen LogP) is 2.46. The number of carboxylic acids is 1. The van der Waals surface area contributed by atoms with Crippen molar-refractivity contribution in [2.45, 2.75) is 31.0 Å². The maximum absolute atomic E-state index is 12.7. The number of hydrogen-bond donors (Lipinski definition) is 2. The molecule has 0 saturated carbocycles. The molecule has 3 rings (SSSR count). The third kappa shape index (κ3) is 3.58. The van der Waals surface area contributed by atoms with Gasteiger partial charge in [-0.1, -0.05) is 6.07 Å². The molecule has 1 aliphatic rings. The molecule has 26 heavy (non-hydrogen) atoms. The normalized spacial score (nSPS) is 14.0. The van der Waals surface area contributed by atoms with Crippen LogP contribution >= 0.6 is 11.3 Å². The standard InChI is InChI=1S/C17H18N2O5S2/c1-10-3-4-13(8-14(10)17(21)22)18-26(23,24)16-7-12-9-19(11(2)20)6-5-15(12)25-16/h3-4,7-8,18H,5-6,9H2,1-2H3,(H,21,22). The first kappa shape index (κ1) is 18.4. The Morgan fingerprint density at radius 1 is 1.27 bits per heavy atom. The van der Waals surface area contributed by atoms with Crippen LogP contribution in [0.2, 0.25) is 0 Å². The summed E-state index contributed by atoms with van der Waals surface area (Å²) in [5.74, 6) is -1.15. The fourth-order valence-electron chi connectivity index (χ4n) is 2.83. The van der Waals surface area contributed by atoms with E-state index < -0.39 is 16.0 Å². The highest BCUT2D eigenvalue weighted by molar-refractivity contribution is 7.94. The molecule has 0 bridgehead atoms. The maximum atomic E-state index is 12.7. The molecule has 2 heterocycles. The molecule has 1 amide bonds. The number of thiophene rings is 1. The summed E-state index contributed by atoms with van der Waals surface area (Å²) in [7, 11) is -3.83. The number of fused-ring (bicyclic) bond motifs is 1. The van der Waals surface area contributed by atoms with Crippen molar-refractivity contribution < 1.29 is 23.1 Å². The minimum Gasteiger partial charge on any atom is -0.478 e. The summed E-state index contributed by atoms with van der Waals surface area (Å²) in [6.07, 6.45) is 0.628. The number of rotatable bonds is 4. The maximum Gasteiger partial charge on any atom is 0.336 e. The monoisotopic (exact) mass is 394 g/mol. The van der Waals surface area contributed by atoms with Crippen LogP contribution in [0.25, 0.3) is 0 Å². The van der Waals surface area contributed by atoms with Crippen LogP contribution in [-0.2, 0) is 27.8 Å². The van der Waals surface area contributed by atoms with Crippen LogP contribution in [-0.4, -0.2) is 36.8 Å². The first-order valence-corrected chi connectivity index (χ1v) is 10.2. The van der Waals surface area contributed by atoms with E-state index in [0.29, 0.717) is 25.1 Å². The molecule has 9 heteroatoms. The van der Waals surface area contributed by atoms with E-state index in [2.05, 4.69) is 4.72 Å². The molecule has 0 unspecified atom stereocenters. The number of carbonyl (C=O) groups is 2. The first-order valence-electron chi connectivity index (χ1n) is 7.91. The summed E-state index contributed by atoms with van der Waals surface area (Å²) in [5.41, 5.74) is 1.64. The summed E-state index contributed by atoms with van der Waals surface area (Å²) >= 11 is 1.18. The van der Waals surface area contributed by atoms with Crippen LogP contribution in [0, 0.1) is 6.92 Å². The van der Waals surface area contributed by atoms with Crippen molar-refractivity contribution in [2.24, 2.45) is 0 Å². The lowest BCUT2D eigenvalue weighted by Gasteiger charge is -2.25. The highest BCUT2D eigenvalue weighted by Gasteiger charge is 2.25. The Balaban J connectivity index is 1.87. The molecular formula is C17H18N2O5S2. The lowest BCUT2D eigenvalue weighted by molar-refractivity contribution is -0.129. The number of aromatic carboxylic acids is 1. The van der Waals surface area contributed by atoms with Crippen LogP contribution in [0.15, 0.2) is 28.5 Å². The largest absolute Gasteiger partial charge is 0.478 e. The van der Waals surface area contributed by atoms with Crippen LogP contribution in [0.1, 0.15) is 33.3 Å². The Kier molecular flexibility index (Phi) is 4.76. The second-order valence-electron chi connectivity index (χ2n) is 6.14. The van der Waals surface area contributed by atoms with Crippen LogP contribution in [0.5, 0.6) is 0 Å². The number of benzene rings is 1. The number of amides is 1. The van der Waals surface area contributed by atoms with Crippen molar-refractivity contribution in [3.63, 3.8) is 0 Å². The Morgan fingerprint density at radius 3 is 2.65 bits per heavy atom. The van der Waals surface area contributed by atoms with E-state index in [4.69, 9.17) is 0 Å². The number of nitrogens with zero attached hydrogens (tertiary/aromatic N) is 1. The number of sulfonamides is 1. The fourth-order valence-corrected chi connectivity index (χ4v) is 5.42. The van der Waals surface area contributed by atoms with E-state index in [0.717, 1.165) is 10.4 Å². The van der Waals surface area contributed by atoms with Gasteiger partial charge in [-0.05, 0) is 42.7 Å². The summed E-state index contributed by atoms with van der Waals surface area (Å²) in [4.78, 5) is 25.4. The van der Waals surface area contributed by atoms with E-state index in [1.54, 1.807) is 24.0 Å². The van der Waals surface area contributed by atoms with Crippen molar-refractivity contribution in [1.29, 1.82) is 0 Å². The molecule has 0 saturated heterocycles. The zero-order valence-electron chi connectivity index (χ0n) is 14.3. The molecular weight excluding hydrogens is 376 g/mol. The van der Waals surface area contributed by atoms with Crippen molar-refractivity contribution in [3.05, 3.63) is 45.8 Å². The van der Waals surface area contributed by atoms with Crippen LogP contribution in [0.4, 0.5) is 5.69 Å². The Labute approximate surface area is 155 Å². The third-order valence-corrected chi connectivity index (χ3v) is 7.37. The number of anilines is 1. The SMILES string of the molecule is CC(=O)N1CCc2sc(S(=O)(=O)Nc3ccc(C)c(C(=O)O)c3)cc2C1. The quantitative estimate of drug-likeness (QED) is 0.829. The molecule has 1 aromatic heterocycles. The van der Waals surface area contributed by atoms with Crippen molar-refractivity contribution in [3.8, 4) is 0 Å². The van der Waals surface area contributed by atoms with Gasteiger partial charge >= 0.3 is 5.97 Å². The summed E-state index contributed by atoms with van der Waals surface area (Å²) in [5, 5.41) is 9.18. The molecule has 0 aliphatic carbocycles. The van der Waals surface area contributed by atoms with Gasteiger partial charge < -0.3 is 10.0 Å². The lowest BCUT2D eigenvalue weighted by atomic mass is 10.1. The van der Waals surface area contributed by atoms with Crippen molar-refractivity contribution >= 4 is 38.9 Å². The first-order chi connectivity index (χ1) is 12.2. The summed E-state index contributed by atoms with van der Waals surface area (Å²) < 4.78 is 27.9. The topological polar surface area (TPSA) is 104 Å². The molecule has 0 fully saturated rings. The molecule has 0 radical (unpaired) electrons. The minimum atomic E-state index is -3.83. The molecule has 2 aromatic rings. The number of carboxylic acid groups (broad SMARTS) is 1. The second-order valence-corrected chi connectivity index (χ2v) is 9.19. The van der Waals surface area contributed by atoms with Crippen molar-refractivity contribution in [2.75, 3.05) is 11.3 Å². The van der Waals surface area contributed by atoms with Crippen molar-refractivity contribution in [1.82, 2.24) is 4.90 Å². The van der Waals surface area contributed by atoms with Gasteiger partial charge in [0, 0.05) is 30.6 Å². The van der Waals surface area contributed by atoms with Crippen LogP contribution in [0.3, 0.4) is 0 Å². The van der Waals surface area contributed by atoms with E-state index in [9.17, 15) is 23.1 Å². The Hall–Kier alpha value is -2.39. The van der Waals surface area contributed by atoms with Gasteiger partial charge in [-0.3, -0.25) is 9.52 Å². The van der Waals surface area contributed by atoms with E-state index in [-0.39, 0.29) is 21.4 Å². The molecule has 1 aliphatic heterocycles. The number of hydrogen-bond acceptors (Lipinski definition) is 5. The Morgan fingerprint density at radius 2 is 2.00 bits per heavy atom. The van der Waals surface area contributed by atoms with Gasteiger partial charge in [0.15, 0.2) is 0 Å². The smallest absolute Gasteiger partial charge is 0.336 e. The lowest BCUT2D eigenvalue weighted by Crippen LogP contribution is -2.33. The van der Waals surface area contributed by atoms with Crippen LogP contribution < -0.4 is 4.72 Å². The van der Waals surface area contributed by atoms with Gasteiger partial charge in [0.2, 0.25) is 5.91 Å². The minimum absolute atomic E-state index is 0.0368. The van der Waals surface area contributed by atoms with E-state index in [1.807, 2.05) is 0 Å². The summed E-state index contributed by atoms with van der Waals surface area (Å²) in [6.45, 7) is 4.13. The molecule has 7 nitrogen and oxygen atoms in total. The fraction of sp³-hybridized carbons (Fsp3) is 0.294. The zero-order valence-corrected chi connectivity index (χ0v) is 15.9. The molecule has 2 N–H and O–H groups in total. The third-order valence-electron chi connectivity index (χ3n) is 4.27. The van der Waals surface area contributed by atoms with E-state index >= 15 is 0 Å². The van der Waals surface area contributed by atoms with Gasteiger partial charge in [-0.2, -0.15) is 0 Å².